The molecule has 1 N–H and O–H groups in total. The van der Waals surface area contributed by atoms with Crippen LogP contribution in [0.15, 0.2) is 24.3 Å². The predicted octanol–water partition coefficient (Wildman–Crippen LogP) is 3.09. The molecule has 1 saturated carbocycles. The van der Waals surface area contributed by atoms with Gasteiger partial charge >= 0.3 is 0 Å². The third-order valence-corrected chi connectivity index (χ3v) is 3.44. The third kappa shape index (κ3) is 2.57. The molecule has 1 aliphatic rings. The van der Waals surface area contributed by atoms with Gasteiger partial charge in [0.05, 0.1) is 12.7 Å². The van der Waals surface area contributed by atoms with Gasteiger partial charge in [0.15, 0.2) is 0 Å². The van der Waals surface area contributed by atoms with E-state index in [1.807, 2.05) is 0 Å². The van der Waals surface area contributed by atoms with Crippen LogP contribution < -0.4 is 4.74 Å². The molecule has 0 aliphatic heterocycles. The number of ether oxygens (including phenoxy) is 1. The molecule has 0 saturated heterocycles. The Balaban J connectivity index is 2.15. The maximum Gasteiger partial charge on any atom is 0.248 e. The van der Waals surface area contributed by atoms with E-state index in [0.29, 0.717) is 11.3 Å². The number of methoxy groups -OCH3 is 1. The summed E-state index contributed by atoms with van der Waals surface area (Å²) in [5.74, 6) is -1.93. The van der Waals surface area contributed by atoms with Crippen molar-refractivity contribution in [3.63, 3.8) is 0 Å². The second-order valence-corrected chi connectivity index (χ2v) is 4.62. The second-order valence-electron chi connectivity index (χ2n) is 4.62. The molecule has 0 spiro atoms. The van der Waals surface area contributed by atoms with E-state index in [1.54, 1.807) is 31.4 Å². The van der Waals surface area contributed by atoms with Crippen LogP contribution in [0, 0.1) is 0 Å². The van der Waals surface area contributed by atoms with Crippen LogP contribution in [0.3, 0.4) is 0 Å². The fourth-order valence-corrected chi connectivity index (χ4v) is 2.22. The molecule has 1 aromatic rings. The number of benzene rings is 1. The van der Waals surface area contributed by atoms with Crippen molar-refractivity contribution in [3.8, 4) is 5.75 Å². The lowest BCUT2D eigenvalue weighted by Crippen LogP contribution is -2.36. The standard InChI is InChI=1S/C13H16F2O2/c1-17-11-4-2-10(3-5-11)12(16)6-8-13(14,15)9-7-12/h2-5,16H,6-9H2,1H3. The smallest absolute Gasteiger partial charge is 0.248 e. The highest BCUT2D eigenvalue weighted by atomic mass is 19.3. The number of hydrogen-bond donors (Lipinski definition) is 1. The molecular weight excluding hydrogens is 226 g/mol. The molecule has 1 aliphatic carbocycles. The molecule has 0 bridgehead atoms. The Morgan fingerprint density at radius 3 is 2.06 bits per heavy atom. The van der Waals surface area contributed by atoms with Crippen molar-refractivity contribution >= 4 is 0 Å². The molecule has 0 unspecified atom stereocenters. The summed E-state index contributed by atoms with van der Waals surface area (Å²) >= 11 is 0. The first kappa shape index (κ1) is 12.3. The number of alkyl halides is 2. The maximum atomic E-state index is 13.1. The monoisotopic (exact) mass is 242 g/mol. The minimum atomic E-state index is -2.63. The highest BCUT2D eigenvalue weighted by Crippen LogP contribution is 2.43. The molecule has 0 aromatic heterocycles. The third-order valence-electron chi connectivity index (χ3n) is 3.44. The molecule has 0 amide bonds. The van der Waals surface area contributed by atoms with Gasteiger partial charge in [-0.2, -0.15) is 0 Å². The first-order valence-corrected chi connectivity index (χ1v) is 5.70. The summed E-state index contributed by atoms with van der Waals surface area (Å²) in [6, 6.07) is 6.95. The number of hydrogen-bond acceptors (Lipinski definition) is 2. The normalized spacial score (nSPS) is 22.1. The van der Waals surface area contributed by atoms with Crippen LogP contribution in [0.1, 0.15) is 31.2 Å². The zero-order valence-corrected chi connectivity index (χ0v) is 9.75. The molecule has 17 heavy (non-hydrogen) atoms. The van der Waals surface area contributed by atoms with Gasteiger partial charge in [-0.3, -0.25) is 0 Å². The lowest BCUT2D eigenvalue weighted by Gasteiger charge is -2.36. The van der Waals surface area contributed by atoms with Gasteiger partial charge in [0.25, 0.3) is 0 Å². The Bertz CT molecular complexity index is 377. The quantitative estimate of drug-likeness (QED) is 0.863. The molecule has 4 heteroatoms. The Morgan fingerprint density at radius 1 is 1.06 bits per heavy atom. The molecule has 2 rings (SSSR count). The van der Waals surface area contributed by atoms with Gasteiger partial charge in [0, 0.05) is 12.8 Å². The predicted molar refractivity (Wildman–Crippen MR) is 60.3 cm³/mol. The van der Waals surface area contributed by atoms with Crippen LogP contribution in [0.2, 0.25) is 0 Å². The van der Waals surface area contributed by atoms with E-state index in [4.69, 9.17) is 4.74 Å². The molecule has 0 heterocycles. The van der Waals surface area contributed by atoms with E-state index >= 15 is 0 Å². The van der Waals surface area contributed by atoms with Crippen molar-refractivity contribution in [1.82, 2.24) is 0 Å². The molecule has 2 nitrogen and oxygen atoms in total. The Labute approximate surface area is 99.2 Å². The van der Waals surface area contributed by atoms with Gasteiger partial charge in [-0.15, -0.1) is 0 Å². The zero-order valence-electron chi connectivity index (χ0n) is 9.75. The highest BCUT2D eigenvalue weighted by molar-refractivity contribution is 5.31. The van der Waals surface area contributed by atoms with Crippen LogP contribution in [-0.4, -0.2) is 18.1 Å². The Kier molecular flexibility index (Phi) is 3.08. The Hall–Kier alpha value is -1.16. The molecule has 0 atom stereocenters. The summed E-state index contributed by atoms with van der Waals surface area (Å²) in [7, 11) is 1.56. The van der Waals surface area contributed by atoms with Gasteiger partial charge in [0.1, 0.15) is 5.75 Å². The summed E-state index contributed by atoms with van der Waals surface area (Å²) in [5, 5.41) is 10.4. The second kappa shape index (κ2) is 4.26. The topological polar surface area (TPSA) is 29.5 Å². The molecule has 0 radical (unpaired) electrons. The number of aliphatic hydroxyl groups is 1. The summed E-state index contributed by atoms with van der Waals surface area (Å²) in [6.07, 6.45) is -0.302. The Morgan fingerprint density at radius 2 is 1.59 bits per heavy atom. The van der Waals surface area contributed by atoms with Gasteiger partial charge in [-0.05, 0) is 30.5 Å². The fraction of sp³-hybridized carbons (Fsp3) is 0.538. The van der Waals surface area contributed by atoms with Crippen molar-refractivity contribution in [3.05, 3.63) is 29.8 Å². The van der Waals surface area contributed by atoms with E-state index < -0.39 is 11.5 Å². The van der Waals surface area contributed by atoms with Crippen LogP contribution in [0.5, 0.6) is 5.75 Å². The van der Waals surface area contributed by atoms with Gasteiger partial charge in [-0.1, -0.05) is 12.1 Å². The van der Waals surface area contributed by atoms with E-state index in [2.05, 4.69) is 0 Å². The van der Waals surface area contributed by atoms with Crippen LogP contribution in [-0.2, 0) is 5.60 Å². The van der Waals surface area contributed by atoms with Gasteiger partial charge in [0.2, 0.25) is 5.92 Å². The highest BCUT2D eigenvalue weighted by Gasteiger charge is 2.43. The van der Waals surface area contributed by atoms with Crippen LogP contribution in [0.25, 0.3) is 0 Å². The minimum absolute atomic E-state index is 0.104. The maximum absolute atomic E-state index is 13.1. The van der Waals surface area contributed by atoms with E-state index in [-0.39, 0.29) is 25.7 Å². The molecule has 94 valence electrons. The zero-order chi connectivity index (χ0) is 12.5. The van der Waals surface area contributed by atoms with Crippen molar-refractivity contribution in [2.24, 2.45) is 0 Å². The van der Waals surface area contributed by atoms with Crippen molar-refractivity contribution in [1.29, 1.82) is 0 Å². The summed E-state index contributed by atoms with van der Waals surface area (Å²) in [4.78, 5) is 0. The molecule has 1 fully saturated rings. The average molecular weight is 242 g/mol. The average Bonchev–Trinajstić information content (AvgIpc) is 2.34. The number of rotatable bonds is 2. The number of halogens is 2. The lowest BCUT2D eigenvalue weighted by atomic mass is 9.78. The summed E-state index contributed by atoms with van der Waals surface area (Å²) in [6.45, 7) is 0. The van der Waals surface area contributed by atoms with E-state index in [0.717, 1.165) is 0 Å². The van der Waals surface area contributed by atoms with E-state index in [9.17, 15) is 13.9 Å². The fourth-order valence-electron chi connectivity index (χ4n) is 2.22. The molecular formula is C13H16F2O2. The van der Waals surface area contributed by atoms with Crippen molar-refractivity contribution in [2.45, 2.75) is 37.2 Å². The summed E-state index contributed by atoms with van der Waals surface area (Å²) in [5.41, 5.74) is -0.428. The van der Waals surface area contributed by atoms with Crippen LogP contribution in [0.4, 0.5) is 8.78 Å². The minimum Gasteiger partial charge on any atom is -0.497 e. The first-order valence-electron chi connectivity index (χ1n) is 5.70. The van der Waals surface area contributed by atoms with E-state index in [1.165, 1.54) is 0 Å². The largest absolute Gasteiger partial charge is 0.497 e. The van der Waals surface area contributed by atoms with Gasteiger partial charge in [-0.25, -0.2) is 8.78 Å². The SMILES string of the molecule is COc1ccc(C2(O)CCC(F)(F)CC2)cc1. The van der Waals surface area contributed by atoms with Crippen molar-refractivity contribution < 1.29 is 18.6 Å². The molecule has 1 aromatic carbocycles. The van der Waals surface area contributed by atoms with Gasteiger partial charge < -0.3 is 9.84 Å². The lowest BCUT2D eigenvalue weighted by molar-refractivity contribution is -0.107. The van der Waals surface area contributed by atoms with Crippen molar-refractivity contribution in [2.75, 3.05) is 7.11 Å². The summed E-state index contributed by atoms with van der Waals surface area (Å²) < 4.78 is 31.1. The first-order chi connectivity index (χ1) is 7.95. The van der Waals surface area contributed by atoms with Crippen LogP contribution >= 0.6 is 0 Å².